The molecule has 25 heavy (non-hydrogen) atoms. The summed E-state index contributed by atoms with van der Waals surface area (Å²) < 4.78 is 0. The first-order valence-corrected chi connectivity index (χ1v) is 9.90. The lowest BCUT2D eigenvalue weighted by atomic mass is 9.95. The van der Waals surface area contributed by atoms with E-state index in [0.717, 1.165) is 49.1 Å². The summed E-state index contributed by atoms with van der Waals surface area (Å²) in [5.41, 5.74) is -0.0624. The van der Waals surface area contributed by atoms with Gasteiger partial charge < -0.3 is 15.7 Å². The van der Waals surface area contributed by atoms with Gasteiger partial charge in [-0.1, -0.05) is 37.8 Å². The van der Waals surface area contributed by atoms with Crippen LogP contribution in [0.25, 0.3) is 0 Å². The van der Waals surface area contributed by atoms with E-state index in [0.29, 0.717) is 5.75 Å². The van der Waals surface area contributed by atoms with Gasteiger partial charge in [-0.25, -0.2) is 4.79 Å². The van der Waals surface area contributed by atoms with Crippen LogP contribution < -0.4 is 10.6 Å². The largest absolute Gasteiger partial charge is 0.388 e. The van der Waals surface area contributed by atoms with E-state index in [-0.39, 0.29) is 18.5 Å². The normalized spacial score (nSPS) is 17.8. The molecule has 1 aromatic rings. The van der Waals surface area contributed by atoms with Gasteiger partial charge in [0.2, 0.25) is 0 Å². The lowest BCUT2D eigenvalue weighted by molar-refractivity contribution is 0.0281. The molecule has 1 fully saturated rings. The Labute approximate surface area is 154 Å². The molecule has 0 aromatic heterocycles. The number of anilines is 1. The monoisotopic (exact) mass is 361 g/mol. The Morgan fingerprint density at radius 2 is 2.00 bits per heavy atom. The number of carbonyl (C=O) groups is 1. The Balaban J connectivity index is 1.88. The van der Waals surface area contributed by atoms with Crippen LogP contribution in [0.15, 0.2) is 29.2 Å². The molecular formula is C19H27N3O2S. The zero-order valence-electron chi connectivity index (χ0n) is 14.8. The number of amides is 2. The highest BCUT2D eigenvalue weighted by Crippen LogP contribution is 2.29. The molecule has 0 spiro atoms. The summed E-state index contributed by atoms with van der Waals surface area (Å²) in [6.07, 6.45) is 5.81. The van der Waals surface area contributed by atoms with E-state index < -0.39 is 5.60 Å². The minimum absolute atomic E-state index is 0.0450. The molecule has 0 saturated heterocycles. The third-order valence-electron chi connectivity index (χ3n) is 4.46. The average Bonchev–Trinajstić information content (AvgIpc) is 2.84. The molecule has 1 aliphatic rings. The van der Waals surface area contributed by atoms with Gasteiger partial charge in [-0.05, 0) is 31.9 Å². The number of hydrogen-bond acceptors (Lipinski definition) is 4. The molecule has 1 saturated carbocycles. The van der Waals surface area contributed by atoms with Crippen molar-refractivity contribution in [3.8, 4) is 6.07 Å². The second-order valence-corrected chi connectivity index (χ2v) is 7.85. The van der Waals surface area contributed by atoms with E-state index in [9.17, 15) is 9.90 Å². The Morgan fingerprint density at radius 1 is 1.32 bits per heavy atom. The Hall–Kier alpha value is -1.71. The zero-order valence-corrected chi connectivity index (χ0v) is 15.6. The predicted octanol–water partition coefficient (Wildman–Crippen LogP) is 4.15. The lowest BCUT2D eigenvalue weighted by Crippen LogP contribution is -2.44. The SMILES string of the molecule is CC(C#N)CSc1ccccc1NC(=O)NCC1(O)CCCCCC1. The van der Waals surface area contributed by atoms with Crippen LogP contribution in [0, 0.1) is 17.2 Å². The van der Waals surface area contributed by atoms with Crippen LogP contribution in [-0.4, -0.2) is 29.0 Å². The molecule has 136 valence electrons. The molecule has 2 amide bonds. The Morgan fingerprint density at radius 3 is 2.68 bits per heavy atom. The summed E-state index contributed by atoms with van der Waals surface area (Å²) in [4.78, 5) is 13.2. The summed E-state index contributed by atoms with van der Waals surface area (Å²) >= 11 is 1.56. The van der Waals surface area contributed by atoms with Crippen molar-refractivity contribution in [3.63, 3.8) is 0 Å². The first-order valence-electron chi connectivity index (χ1n) is 8.91. The van der Waals surface area contributed by atoms with E-state index in [1.165, 1.54) is 0 Å². The first kappa shape index (κ1) is 19.6. The smallest absolute Gasteiger partial charge is 0.319 e. The summed E-state index contributed by atoms with van der Waals surface area (Å²) in [6.45, 7) is 2.16. The first-order chi connectivity index (χ1) is 12.0. The molecule has 6 heteroatoms. The van der Waals surface area contributed by atoms with E-state index in [2.05, 4.69) is 16.7 Å². The maximum Gasteiger partial charge on any atom is 0.319 e. The van der Waals surface area contributed by atoms with Crippen molar-refractivity contribution in [3.05, 3.63) is 24.3 Å². The number of carbonyl (C=O) groups excluding carboxylic acids is 1. The number of nitriles is 1. The number of para-hydroxylation sites is 1. The van der Waals surface area contributed by atoms with Gasteiger partial charge in [0.1, 0.15) is 0 Å². The minimum atomic E-state index is -0.787. The van der Waals surface area contributed by atoms with Crippen molar-refractivity contribution in [2.24, 2.45) is 5.92 Å². The highest BCUT2D eigenvalue weighted by molar-refractivity contribution is 7.99. The van der Waals surface area contributed by atoms with E-state index in [1.54, 1.807) is 11.8 Å². The topological polar surface area (TPSA) is 85.2 Å². The highest BCUT2D eigenvalue weighted by Gasteiger charge is 2.28. The van der Waals surface area contributed by atoms with Crippen molar-refractivity contribution >= 4 is 23.5 Å². The van der Waals surface area contributed by atoms with Crippen LogP contribution in [0.2, 0.25) is 0 Å². The van der Waals surface area contributed by atoms with Crippen LogP contribution in [0.3, 0.4) is 0 Å². The number of aliphatic hydroxyl groups is 1. The van der Waals surface area contributed by atoms with Crippen molar-refractivity contribution < 1.29 is 9.90 Å². The van der Waals surface area contributed by atoms with Gasteiger partial charge in [0, 0.05) is 17.2 Å². The maximum atomic E-state index is 12.2. The lowest BCUT2D eigenvalue weighted by Gasteiger charge is -2.26. The van der Waals surface area contributed by atoms with Crippen LogP contribution in [0.1, 0.15) is 45.4 Å². The number of thioether (sulfide) groups is 1. The van der Waals surface area contributed by atoms with Crippen molar-refractivity contribution in [1.82, 2.24) is 5.32 Å². The molecule has 1 aromatic carbocycles. The average molecular weight is 362 g/mol. The Kier molecular flexibility index (Phi) is 7.60. The van der Waals surface area contributed by atoms with Gasteiger partial charge in [0.25, 0.3) is 0 Å². The summed E-state index contributed by atoms with van der Waals surface area (Å²) in [5.74, 6) is 0.632. The third kappa shape index (κ3) is 6.60. The summed E-state index contributed by atoms with van der Waals surface area (Å²) in [5, 5.41) is 25.2. The number of rotatable bonds is 6. The molecule has 0 bridgehead atoms. The zero-order chi connectivity index (χ0) is 18.1. The van der Waals surface area contributed by atoms with Gasteiger partial charge in [-0.3, -0.25) is 0 Å². The fraction of sp³-hybridized carbons (Fsp3) is 0.579. The van der Waals surface area contributed by atoms with Gasteiger partial charge in [-0.15, -0.1) is 11.8 Å². The second kappa shape index (κ2) is 9.69. The van der Waals surface area contributed by atoms with Crippen molar-refractivity contribution in [2.45, 2.75) is 55.9 Å². The van der Waals surface area contributed by atoms with Crippen molar-refractivity contribution in [1.29, 1.82) is 5.26 Å². The standard InChI is InChI=1S/C19H27N3O2S/c1-15(12-20)13-25-17-9-5-4-8-16(17)22-18(23)21-14-19(24)10-6-2-3-7-11-19/h4-5,8-9,15,24H,2-3,6-7,10-11,13-14H2,1H3,(H2,21,22,23). The summed E-state index contributed by atoms with van der Waals surface area (Å²) in [7, 11) is 0. The van der Waals surface area contributed by atoms with Gasteiger partial charge in [0.05, 0.1) is 23.3 Å². The van der Waals surface area contributed by atoms with E-state index >= 15 is 0 Å². The van der Waals surface area contributed by atoms with Crippen LogP contribution in [0.5, 0.6) is 0 Å². The van der Waals surface area contributed by atoms with Gasteiger partial charge in [-0.2, -0.15) is 5.26 Å². The molecule has 5 nitrogen and oxygen atoms in total. The Bertz CT molecular complexity index is 607. The molecule has 1 aliphatic carbocycles. The number of hydrogen-bond donors (Lipinski definition) is 3. The van der Waals surface area contributed by atoms with Crippen LogP contribution in [0.4, 0.5) is 10.5 Å². The molecule has 1 unspecified atom stereocenters. The molecule has 0 radical (unpaired) electrons. The van der Waals surface area contributed by atoms with Gasteiger partial charge >= 0.3 is 6.03 Å². The number of nitrogens with zero attached hydrogens (tertiary/aromatic N) is 1. The minimum Gasteiger partial charge on any atom is -0.388 e. The summed E-state index contributed by atoms with van der Waals surface area (Å²) in [6, 6.07) is 9.47. The molecular weight excluding hydrogens is 334 g/mol. The fourth-order valence-corrected chi connectivity index (χ4v) is 3.88. The molecule has 0 aliphatic heterocycles. The third-order valence-corrected chi connectivity index (χ3v) is 5.79. The number of urea groups is 1. The van der Waals surface area contributed by atoms with E-state index in [1.807, 2.05) is 31.2 Å². The van der Waals surface area contributed by atoms with Gasteiger partial charge in [0.15, 0.2) is 0 Å². The molecule has 2 rings (SSSR count). The molecule has 1 atom stereocenters. The van der Waals surface area contributed by atoms with Crippen molar-refractivity contribution in [2.75, 3.05) is 17.6 Å². The van der Waals surface area contributed by atoms with E-state index in [4.69, 9.17) is 5.26 Å². The second-order valence-electron chi connectivity index (χ2n) is 6.78. The molecule has 0 heterocycles. The predicted molar refractivity (Wildman–Crippen MR) is 102 cm³/mol. The maximum absolute atomic E-state index is 12.2. The quantitative estimate of drug-likeness (QED) is 0.525. The molecule has 3 N–H and O–H groups in total. The number of nitrogens with one attached hydrogen (secondary N) is 2. The highest BCUT2D eigenvalue weighted by atomic mass is 32.2. The fourth-order valence-electron chi connectivity index (χ4n) is 2.92. The van der Waals surface area contributed by atoms with Crippen LogP contribution in [-0.2, 0) is 0 Å². The number of benzene rings is 1. The van der Waals surface area contributed by atoms with Crippen LogP contribution >= 0.6 is 11.8 Å².